The highest BCUT2D eigenvalue weighted by Gasteiger charge is 2.39. The van der Waals surface area contributed by atoms with Gasteiger partial charge in [-0.25, -0.2) is 4.98 Å². The van der Waals surface area contributed by atoms with E-state index in [-0.39, 0.29) is 30.7 Å². The van der Waals surface area contributed by atoms with Gasteiger partial charge >= 0.3 is 0 Å². The minimum absolute atomic E-state index is 0.0401. The van der Waals surface area contributed by atoms with Crippen LogP contribution in [0.1, 0.15) is 45.3 Å². The molecule has 1 aromatic rings. The van der Waals surface area contributed by atoms with E-state index >= 15 is 0 Å². The third-order valence-electron chi connectivity index (χ3n) is 3.66. The first kappa shape index (κ1) is 14.1. The topological polar surface area (TPSA) is 55.6 Å². The summed E-state index contributed by atoms with van der Waals surface area (Å²) in [6.07, 6.45) is 3.74. The maximum Gasteiger partial charge on any atom is 0.249 e. The fourth-order valence-electron chi connectivity index (χ4n) is 2.76. The maximum absolute atomic E-state index is 12.2. The summed E-state index contributed by atoms with van der Waals surface area (Å²) in [5.41, 5.74) is -0.0701. The number of aryl methyl sites for hydroxylation is 1. The molecule has 19 heavy (non-hydrogen) atoms. The second-order valence-electron chi connectivity index (χ2n) is 5.82. The number of likely N-dealkylation sites (tertiary alicyclic amines) is 1. The number of hydrogen-bond acceptors (Lipinski definition) is 4. The van der Waals surface area contributed by atoms with E-state index in [9.17, 15) is 4.79 Å². The van der Waals surface area contributed by atoms with Gasteiger partial charge in [0.15, 0.2) is 0 Å². The SMILES string of the molecule is Cc1cnc(COCC(=O)N2C(C)CCC2(C)C)o1. The number of oxazole rings is 1. The van der Waals surface area contributed by atoms with E-state index in [4.69, 9.17) is 9.15 Å². The van der Waals surface area contributed by atoms with Crippen molar-refractivity contribution in [2.45, 2.75) is 58.7 Å². The lowest BCUT2D eigenvalue weighted by atomic mass is 10.0. The minimum Gasteiger partial charge on any atom is -0.443 e. The van der Waals surface area contributed by atoms with Gasteiger partial charge < -0.3 is 14.1 Å². The number of hydrogen-bond donors (Lipinski definition) is 0. The highest BCUT2D eigenvalue weighted by Crippen LogP contribution is 2.33. The molecule has 0 aliphatic carbocycles. The smallest absolute Gasteiger partial charge is 0.249 e. The van der Waals surface area contributed by atoms with Gasteiger partial charge in [-0.15, -0.1) is 0 Å². The van der Waals surface area contributed by atoms with Crippen LogP contribution in [0.5, 0.6) is 0 Å². The van der Waals surface area contributed by atoms with E-state index in [0.29, 0.717) is 5.89 Å². The molecule has 1 aliphatic rings. The van der Waals surface area contributed by atoms with Gasteiger partial charge in [-0.2, -0.15) is 0 Å². The Bertz CT molecular complexity index is 453. The monoisotopic (exact) mass is 266 g/mol. The molecule has 1 saturated heterocycles. The van der Waals surface area contributed by atoms with Gasteiger partial charge in [-0.3, -0.25) is 4.79 Å². The van der Waals surface area contributed by atoms with Gasteiger partial charge in [0.1, 0.15) is 19.0 Å². The predicted molar refractivity (Wildman–Crippen MR) is 70.5 cm³/mol. The third-order valence-corrected chi connectivity index (χ3v) is 3.66. The molecule has 0 spiro atoms. The zero-order valence-corrected chi connectivity index (χ0v) is 12.1. The Morgan fingerprint density at radius 2 is 2.37 bits per heavy atom. The molecule has 106 valence electrons. The number of carbonyl (C=O) groups is 1. The fourth-order valence-corrected chi connectivity index (χ4v) is 2.76. The van der Waals surface area contributed by atoms with Gasteiger partial charge in [0, 0.05) is 11.6 Å². The van der Waals surface area contributed by atoms with Crippen LogP contribution in [0.15, 0.2) is 10.6 Å². The summed E-state index contributed by atoms with van der Waals surface area (Å²) in [6, 6.07) is 0.287. The number of nitrogens with zero attached hydrogens (tertiary/aromatic N) is 2. The molecule has 1 aliphatic heterocycles. The van der Waals surface area contributed by atoms with Gasteiger partial charge in [0.25, 0.3) is 0 Å². The Hall–Kier alpha value is -1.36. The van der Waals surface area contributed by atoms with Crippen molar-refractivity contribution in [2.24, 2.45) is 0 Å². The van der Waals surface area contributed by atoms with Gasteiger partial charge in [-0.05, 0) is 40.5 Å². The molecule has 2 rings (SSSR count). The normalized spacial score (nSPS) is 21.9. The molecular formula is C14H22N2O3. The van der Waals surface area contributed by atoms with Crippen molar-refractivity contribution >= 4 is 5.91 Å². The van der Waals surface area contributed by atoms with Crippen molar-refractivity contribution in [2.75, 3.05) is 6.61 Å². The lowest BCUT2D eigenvalue weighted by Gasteiger charge is -2.34. The molecule has 1 atom stereocenters. The summed E-state index contributed by atoms with van der Waals surface area (Å²) in [5, 5.41) is 0. The fraction of sp³-hybridized carbons (Fsp3) is 0.714. The third kappa shape index (κ3) is 3.15. The highest BCUT2D eigenvalue weighted by molar-refractivity contribution is 5.79. The van der Waals surface area contributed by atoms with E-state index in [0.717, 1.165) is 18.6 Å². The second-order valence-corrected chi connectivity index (χ2v) is 5.82. The van der Waals surface area contributed by atoms with Crippen LogP contribution in [0.25, 0.3) is 0 Å². The minimum atomic E-state index is -0.0701. The molecule has 0 aromatic carbocycles. The Morgan fingerprint density at radius 3 is 2.89 bits per heavy atom. The molecule has 1 amide bonds. The number of rotatable bonds is 4. The van der Waals surface area contributed by atoms with Gasteiger partial charge in [-0.1, -0.05) is 0 Å². The van der Waals surface area contributed by atoms with Crippen molar-refractivity contribution in [3.63, 3.8) is 0 Å². The van der Waals surface area contributed by atoms with Crippen molar-refractivity contribution in [3.8, 4) is 0 Å². The molecule has 5 heteroatoms. The first-order valence-corrected chi connectivity index (χ1v) is 6.71. The number of aromatic nitrogens is 1. The molecule has 1 aromatic heterocycles. The van der Waals surface area contributed by atoms with Crippen LogP contribution < -0.4 is 0 Å². The largest absolute Gasteiger partial charge is 0.443 e. The maximum atomic E-state index is 12.2. The lowest BCUT2D eigenvalue weighted by Crippen LogP contribution is -2.47. The zero-order valence-electron chi connectivity index (χ0n) is 12.1. The zero-order chi connectivity index (χ0) is 14.0. The number of amides is 1. The predicted octanol–water partition coefficient (Wildman–Crippen LogP) is 2.29. The van der Waals surface area contributed by atoms with Gasteiger partial charge in [0.05, 0.1) is 6.20 Å². The molecule has 1 unspecified atom stereocenters. The first-order chi connectivity index (χ1) is 8.90. The van der Waals surface area contributed by atoms with Crippen LogP contribution >= 0.6 is 0 Å². The van der Waals surface area contributed by atoms with Crippen LogP contribution in [0, 0.1) is 6.92 Å². The molecule has 0 saturated carbocycles. The average Bonchev–Trinajstić information content (AvgIpc) is 2.83. The Kier molecular flexibility index (Phi) is 3.94. The Labute approximate surface area is 113 Å². The van der Waals surface area contributed by atoms with E-state index in [1.807, 2.05) is 11.8 Å². The van der Waals surface area contributed by atoms with E-state index in [1.54, 1.807) is 6.20 Å². The summed E-state index contributed by atoms with van der Waals surface area (Å²) in [4.78, 5) is 18.2. The molecular weight excluding hydrogens is 244 g/mol. The van der Waals surface area contributed by atoms with E-state index in [2.05, 4.69) is 25.8 Å². The van der Waals surface area contributed by atoms with Crippen molar-refractivity contribution in [1.82, 2.24) is 9.88 Å². The first-order valence-electron chi connectivity index (χ1n) is 6.71. The Balaban J connectivity index is 1.84. The molecule has 2 heterocycles. The summed E-state index contributed by atoms with van der Waals surface area (Å²) < 4.78 is 10.7. The summed E-state index contributed by atoms with van der Waals surface area (Å²) in [7, 11) is 0. The van der Waals surface area contributed by atoms with Crippen molar-refractivity contribution in [3.05, 3.63) is 17.8 Å². The summed E-state index contributed by atoms with van der Waals surface area (Å²) in [5.74, 6) is 1.30. The highest BCUT2D eigenvalue weighted by atomic mass is 16.5. The number of carbonyl (C=O) groups excluding carboxylic acids is 1. The summed E-state index contributed by atoms with van der Waals surface area (Å²) in [6.45, 7) is 8.44. The van der Waals surface area contributed by atoms with Crippen molar-refractivity contribution in [1.29, 1.82) is 0 Å². The lowest BCUT2D eigenvalue weighted by molar-refractivity contribution is -0.142. The van der Waals surface area contributed by atoms with Crippen LogP contribution in [-0.2, 0) is 16.1 Å². The van der Waals surface area contributed by atoms with E-state index < -0.39 is 0 Å². The number of ether oxygens (including phenoxy) is 1. The Morgan fingerprint density at radius 1 is 1.63 bits per heavy atom. The van der Waals surface area contributed by atoms with Crippen molar-refractivity contribution < 1.29 is 13.9 Å². The van der Waals surface area contributed by atoms with Gasteiger partial charge in [0.2, 0.25) is 11.8 Å². The summed E-state index contributed by atoms with van der Waals surface area (Å²) >= 11 is 0. The molecule has 1 fully saturated rings. The van der Waals surface area contributed by atoms with Crippen LogP contribution in [0.4, 0.5) is 0 Å². The molecule has 0 N–H and O–H groups in total. The average molecular weight is 266 g/mol. The van der Waals surface area contributed by atoms with Crippen LogP contribution in [-0.4, -0.2) is 34.0 Å². The quantitative estimate of drug-likeness (QED) is 0.839. The molecule has 5 nitrogen and oxygen atoms in total. The molecule has 0 radical (unpaired) electrons. The standard InChI is InChI=1S/C14H22N2O3/c1-10-5-6-14(3,4)16(10)13(17)9-18-8-12-15-7-11(2)19-12/h7,10H,5-6,8-9H2,1-4H3. The van der Waals surface area contributed by atoms with Crippen LogP contribution in [0.2, 0.25) is 0 Å². The molecule has 0 bridgehead atoms. The second kappa shape index (κ2) is 5.33. The van der Waals surface area contributed by atoms with Crippen LogP contribution in [0.3, 0.4) is 0 Å². The van der Waals surface area contributed by atoms with E-state index in [1.165, 1.54) is 0 Å².